The number of nitrogens with one attached hydrogen (secondary N) is 1. The van der Waals surface area contributed by atoms with Crippen LogP contribution < -0.4 is 5.32 Å². The molecule has 1 aromatic heterocycles. The van der Waals surface area contributed by atoms with Gasteiger partial charge >= 0.3 is 0 Å². The van der Waals surface area contributed by atoms with E-state index < -0.39 is 0 Å². The van der Waals surface area contributed by atoms with Crippen molar-refractivity contribution in [3.63, 3.8) is 0 Å². The fraction of sp³-hybridized carbons (Fsp3) is 0.556. The smallest absolute Gasteiger partial charge is 0.223 e. The monoisotopic (exact) mass is 275 g/mol. The molecule has 0 atom stereocenters. The predicted molar refractivity (Wildman–Crippen MR) is 64.9 cm³/mol. The summed E-state index contributed by atoms with van der Waals surface area (Å²) in [6.45, 7) is 5.04. The molecular weight excluding hydrogens is 262 g/mol. The molecule has 0 aliphatic carbocycles. The van der Waals surface area contributed by atoms with Crippen molar-refractivity contribution in [2.45, 2.75) is 25.3 Å². The van der Waals surface area contributed by atoms with Crippen molar-refractivity contribution in [3.05, 3.63) is 10.7 Å². The lowest BCUT2D eigenvalue weighted by molar-refractivity contribution is 0.994. The zero-order valence-electron chi connectivity index (χ0n) is 8.38. The van der Waals surface area contributed by atoms with E-state index in [1.807, 2.05) is 6.92 Å². The zero-order chi connectivity index (χ0) is 10.4. The van der Waals surface area contributed by atoms with E-state index in [0.717, 1.165) is 28.2 Å². The number of nitrogens with zero attached hydrogens (tertiary/aromatic N) is 2. The van der Waals surface area contributed by atoms with E-state index in [1.54, 1.807) is 18.0 Å². The van der Waals surface area contributed by atoms with Crippen LogP contribution in [0.5, 0.6) is 0 Å². The van der Waals surface area contributed by atoms with Gasteiger partial charge in [0.15, 0.2) is 0 Å². The second-order valence-electron chi connectivity index (χ2n) is 2.73. The van der Waals surface area contributed by atoms with Crippen LogP contribution in [0.4, 0.5) is 5.95 Å². The van der Waals surface area contributed by atoms with Gasteiger partial charge in [-0.2, -0.15) is 0 Å². The molecule has 3 nitrogen and oxygen atoms in total. The summed E-state index contributed by atoms with van der Waals surface area (Å²) in [5.41, 5.74) is 0. The van der Waals surface area contributed by atoms with Crippen LogP contribution in [0.1, 0.15) is 20.3 Å². The van der Waals surface area contributed by atoms with Crippen molar-refractivity contribution in [2.24, 2.45) is 0 Å². The van der Waals surface area contributed by atoms with Crippen LogP contribution in [0.3, 0.4) is 0 Å². The molecule has 0 aliphatic rings. The lowest BCUT2D eigenvalue weighted by atomic mass is 10.6. The molecule has 0 saturated carbocycles. The van der Waals surface area contributed by atoms with Gasteiger partial charge in [-0.1, -0.05) is 6.92 Å². The van der Waals surface area contributed by atoms with Gasteiger partial charge in [-0.05, 0) is 35.0 Å². The van der Waals surface area contributed by atoms with E-state index in [-0.39, 0.29) is 0 Å². The molecule has 78 valence electrons. The average molecular weight is 276 g/mol. The molecule has 0 unspecified atom stereocenters. The molecule has 0 aliphatic heterocycles. The molecule has 1 rings (SSSR count). The Balaban J connectivity index is 2.74. The van der Waals surface area contributed by atoms with Crippen molar-refractivity contribution >= 4 is 33.6 Å². The number of hydrogen-bond acceptors (Lipinski definition) is 4. The van der Waals surface area contributed by atoms with Crippen LogP contribution in [-0.2, 0) is 0 Å². The van der Waals surface area contributed by atoms with Gasteiger partial charge in [-0.15, -0.1) is 11.8 Å². The summed E-state index contributed by atoms with van der Waals surface area (Å²) >= 11 is 5.19. The van der Waals surface area contributed by atoms with Crippen molar-refractivity contribution in [1.82, 2.24) is 9.97 Å². The molecule has 0 amide bonds. The lowest BCUT2D eigenvalue weighted by Crippen LogP contribution is -2.02. The summed E-state index contributed by atoms with van der Waals surface area (Å²) in [6.07, 6.45) is 2.95. The fourth-order valence-corrected chi connectivity index (χ4v) is 2.17. The standard InChI is InChI=1S/C9H14BrN3S/c1-3-5-14-8-7(10)6-12-9(13-8)11-4-2/h6H,3-5H2,1-2H3,(H,11,12,13). The molecule has 5 heteroatoms. The third-order valence-corrected chi connectivity index (χ3v) is 3.53. The first-order valence-corrected chi connectivity index (χ1v) is 6.45. The largest absolute Gasteiger partial charge is 0.354 e. The Labute approximate surface area is 97.2 Å². The van der Waals surface area contributed by atoms with Crippen molar-refractivity contribution < 1.29 is 0 Å². The molecule has 0 spiro atoms. The van der Waals surface area contributed by atoms with E-state index >= 15 is 0 Å². The zero-order valence-corrected chi connectivity index (χ0v) is 10.8. The Morgan fingerprint density at radius 1 is 1.50 bits per heavy atom. The van der Waals surface area contributed by atoms with Gasteiger partial charge in [0, 0.05) is 12.7 Å². The summed E-state index contributed by atoms with van der Waals surface area (Å²) in [6, 6.07) is 0. The summed E-state index contributed by atoms with van der Waals surface area (Å²) in [4.78, 5) is 8.55. The number of thioether (sulfide) groups is 1. The van der Waals surface area contributed by atoms with Gasteiger partial charge in [0.05, 0.1) is 4.47 Å². The van der Waals surface area contributed by atoms with E-state index in [2.05, 4.69) is 38.1 Å². The highest BCUT2D eigenvalue weighted by molar-refractivity contribution is 9.10. The third-order valence-electron chi connectivity index (χ3n) is 1.49. The highest BCUT2D eigenvalue weighted by atomic mass is 79.9. The van der Waals surface area contributed by atoms with E-state index in [0.29, 0.717) is 5.95 Å². The minimum Gasteiger partial charge on any atom is -0.354 e. The maximum Gasteiger partial charge on any atom is 0.223 e. The average Bonchev–Trinajstić information content (AvgIpc) is 2.19. The predicted octanol–water partition coefficient (Wildman–Crippen LogP) is 3.17. The number of anilines is 1. The summed E-state index contributed by atoms with van der Waals surface area (Å²) < 4.78 is 0.970. The van der Waals surface area contributed by atoms with Gasteiger partial charge in [0.2, 0.25) is 5.95 Å². The summed E-state index contributed by atoms with van der Waals surface area (Å²) in [5, 5.41) is 4.11. The number of aromatic nitrogens is 2. The molecule has 14 heavy (non-hydrogen) atoms. The molecule has 0 aromatic carbocycles. The first-order valence-electron chi connectivity index (χ1n) is 4.67. The van der Waals surface area contributed by atoms with Crippen LogP contribution >= 0.6 is 27.7 Å². The molecule has 0 fully saturated rings. The number of hydrogen-bond donors (Lipinski definition) is 1. The van der Waals surface area contributed by atoms with E-state index in [1.165, 1.54) is 0 Å². The highest BCUT2D eigenvalue weighted by Gasteiger charge is 2.04. The first kappa shape index (κ1) is 11.8. The highest BCUT2D eigenvalue weighted by Crippen LogP contribution is 2.25. The molecule has 0 saturated heterocycles. The number of rotatable bonds is 5. The minimum absolute atomic E-state index is 0.703. The molecular formula is C9H14BrN3S. The quantitative estimate of drug-likeness (QED) is 0.662. The van der Waals surface area contributed by atoms with Crippen LogP contribution in [0.2, 0.25) is 0 Å². The summed E-state index contributed by atoms with van der Waals surface area (Å²) in [7, 11) is 0. The van der Waals surface area contributed by atoms with Crippen molar-refractivity contribution in [2.75, 3.05) is 17.6 Å². The van der Waals surface area contributed by atoms with Crippen LogP contribution in [0.25, 0.3) is 0 Å². The SMILES string of the molecule is CCCSc1nc(NCC)ncc1Br. The maximum atomic E-state index is 4.39. The fourth-order valence-electron chi connectivity index (χ4n) is 0.895. The molecule has 1 aromatic rings. The minimum atomic E-state index is 0.703. The van der Waals surface area contributed by atoms with Gasteiger partial charge in [-0.3, -0.25) is 0 Å². The normalized spacial score (nSPS) is 10.2. The summed E-state index contributed by atoms with van der Waals surface area (Å²) in [5.74, 6) is 1.79. The van der Waals surface area contributed by atoms with E-state index in [9.17, 15) is 0 Å². The molecule has 0 radical (unpaired) electrons. The van der Waals surface area contributed by atoms with Crippen LogP contribution in [0.15, 0.2) is 15.7 Å². The van der Waals surface area contributed by atoms with Crippen molar-refractivity contribution in [1.29, 1.82) is 0 Å². The number of halogens is 1. The molecule has 0 bridgehead atoms. The second-order valence-corrected chi connectivity index (χ2v) is 4.66. The van der Waals surface area contributed by atoms with Crippen LogP contribution in [0, 0.1) is 0 Å². The molecule has 1 N–H and O–H groups in total. The lowest BCUT2D eigenvalue weighted by Gasteiger charge is -2.05. The van der Waals surface area contributed by atoms with Gasteiger partial charge < -0.3 is 5.32 Å². The van der Waals surface area contributed by atoms with Gasteiger partial charge in [-0.25, -0.2) is 9.97 Å². The van der Waals surface area contributed by atoms with Crippen LogP contribution in [-0.4, -0.2) is 22.3 Å². The molecule has 1 heterocycles. The van der Waals surface area contributed by atoms with E-state index in [4.69, 9.17) is 0 Å². The van der Waals surface area contributed by atoms with Crippen molar-refractivity contribution in [3.8, 4) is 0 Å². The maximum absolute atomic E-state index is 4.39. The Bertz CT molecular complexity index is 293. The van der Waals surface area contributed by atoms with Gasteiger partial charge in [0.1, 0.15) is 5.03 Å². The topological polar surface area (TPSA) is 37.8 Å². The van der Waals surface area contributed by atoms with Gasteiger partial charge in [0.25, 0.3) is 0 Å². The Hall–Kier alpha value is -0.290. The Morgan fingerprint density at radius 2 is 2.29 bits per heavy atom. The Morgan fingerprint density at radius 3 is 2.93 bits per heavy atom. The Kier molecular flexibility index (Phi) is 5.25. The third kappa shape index (κ3) is 3.46. The first-order chi connectivity index (χ1) is 6.77. The second kappa shape index (κ2) is 6.24.